The van der Waals surface area contributed by atoms with Gasteiger partial charge in [-0.1, -0.05) is 13.0 Å². The number of nitrogens with one attached hydrogen (secondary N) is 2. The largest absolute Gasteiger partial charge is 0.325 e. The molecule has 0 aliphatic carbocycles. The van der Waals surface area contributed by atoms with Crippen LogP contribution in [-0.4, -0.2) is 26.9 Å². The predicted molar refractivity (Wildman–Crippen MR) is 81.4 cm³/mol. The molecule has 1 fully saturated rings. The maximum absolute atomic E-state index is 12.2. The van der Waals surface area contributed by atoms with Crippen molar-refractivity contribution in [3.05, 3.63) is 23.8 Å². The van der Waals surface area contributed by atoms with Gasteiger partial charge in [-0.15, -0.1) is 0 Å². The van der Waals surface area contributed by atoms with Gasteiger partial charge in [0.2, 0.25) is 15.9 Å². The molecule has 1 aliphatic rings. The molecule has 21 heavy (non-hydrogen) atoms. The van der Waals surface area contributed by atoms with Gasteiger partial charge in [0.05, 0.1) is 10.9 Å². The van der Waals surface area contributed by atoms with Gasteiger partial charge < -0.3 is 10.6 Å². The molecule has 1 aromatic rings. The number of primary sulfonamides is 1. The van der Waals surface area contributed by atoms with Gasteiger partial charge in [0.1, 0.15) is 0 Å². The molecule has 1 heterocycles. The van der Waals surface area contributed by atoms with E-state index in [9.17, 15) is 13.2 Å². The minimum atomic E-state index is -3.79. The maximum atomic E-state index is 12.2. The van der Waals surface area contributed by atoms with Crippen LogP contribution >= 0.6 is 0 Å². The first-order chi connectivity index (χ1) is 9.77. The number of anilines is 1. The van der Waals surface area contributed by atoms with Crippen molar-refractivity contribution >= 4 is 21.6 Å². The van der Waals surface area contributed by atoms with Crippen molar-refractivity contribution in [2.24, 2.45) is 11.1 Å². The Morgan fingerprint density at radius 1 is 1.43 bits per heavy atom. The Labute approximate surface area is 125 Å². The number of nitrogens with two attached hydrogens (primary N) is 1. The molecule has 2 atom stereocenters. The highest BCUT2D eigenvalue weighted by Crippen LogP contribution is 2.20. The molecule has 116 valence electrons. The zero-order valence-electron chi connectivity index (χ0n) is 12.2. The second-order valence-corrected chi connectivity index (χ2v) is 7.18. The van der Waals surface area contributed by atoms with Crippen molar-refractivity contribution in [2.75, 3.05) is 11.9 Å². The Bertz CT molecular complexity index is 643. The van der Waals surface area contributed by atoms with E-state index in [1.165, 1.54) is 6.07 Å². The lowest BCUT2D eigenvalue weighted by Crippen LogP contribution is -2.45. The number of sulfonamides is 1. The highest BCUT2D eigenvalue weighted by atomic mass is 32.2. The molecule has 2 rings (SSSR count). The summed E-state index contributed by atoms with van der Waals surface area (Å²) in [5.41, 5.74) is 0.995. The number of benzene rings is 1. The quantitative estimate of drug-likeness (QED) is 0.774. The molecule has 2 unspecified atom stereocenters. The first-order valence-electron chi connectivity index (χ1n) is 6.95. The van der Waals surface area contributed by atoms with E-state index in [0.717, 1.165) is 19.4 Å². The number of aryl methyl sites for hydroxylation is 1. The molecule has 1 aromatic carbocycles. The maximum Gasteiger partial charge on any atom is 0.241 e. The molecule has 4 N–H and O–H groups in total. The van der Waals surface area contributed by atoms with Gasteiger partial charge in [0, 0.05) is 5.69 Å². The second kappa shape index (κ2) is 6.13. The van der Waals surface area contributed by atoms with Crippen molar-refractivity contribution < 1.29 is 13.2 Å². The molecule has 1 aliphatic heterocycles. The van der Waals surface area contributed by atoms with E-state index in [2.05, 4.69) is 17.6 Å². The minimum absolute atomic E-state index is 0.0327. The molecule has 7 heteroatoms. The third-order valence-corrected chi connectivity index (χ3v) is 4.80. The number of rotatable bonds is 3. The first-order valence-corrected chi connectivity index (χ1v) is 8.49. The van der Waals surface area contributed by atoms with E-state index in [1.807, 2.05) is 0 Å². The van der Waals surface area contributed by atoms with Crippen molar-refractivity contribution in [3.8, 4) is 0 Å². The van der Waals surface area contributed by atoms with Crippen molar-refractivity contribution in [1.29, 1.82) is 0 Å². The van der Waals surface area contributed by atoms with Crippen LogP contribution in [-0.2, 0) is 14.8 Å². The Morgan fingerprint density at radius 3 is 2.76 bits per heavy atom. The van der Waals surface area contributed by atoms with E-state index in [0.29, 0.717) is 17.2 Å². The highest BCUT2D eigenvalue weighted by Gasteiger charge is 2.24. The molecule has 1 amide bonds. The zero-order chi connectivity index (χ0) is 15.6. The number of carbonyl (C=O) groups excluding carboxylic acids is 1. The van der Waals surface area contributed by atoms with Crippen LogP contribution in [0.2, 0.25) is 0 Å². The summed E-state index contributed by atoms with van der Waals surface area (Å²) in [5, 5.41) is 11.1. The lowest BCUT2D eigenvalue weighted by Gasteiger charge is -2.27. The molecule has 0 radical (unpaired) electrons. The average molecular weight is 311 g/mol. The number of amides is 1. The van der Waals surface area contributed by atoms with Gasteiger partial charge in [-0.05, 0) is 49.9 Å². The molecular weight excluding hydrogens is 290 g/mol. The van der Waals surface area contributed by atoms with E-state index in [-0.39, 0.29) is 16.8 Å². The fraction of sp³-hybridized carbons (Fsp3) is 0.500. The predicted octanol–water partition coefficient (Wildman–Crippen LogP) is 0.969. The standard InChI is InChI=1S/C14H21N3O3S/c1-9-5-6-16-12(7-9)14(18)17-11-4-3-10(2)13(8-11)21(15,19)20/h3-4,8-9,12,16H,5-7H2,1-2H3,(H,17,18)(H2,15,19,20). The number of carbonyl (C=O) groups is 1. The van der Waals surface area contributed by atoms with Crippen molar-refractivity contribution in [3.63, 3.8) is 0 Å². The molecule has 0 spiro atoms. The van der Waals surface area contributed by atoms with Crippen LogP contribution in [0.1, 0.15) is 25.3 Å². The summed E-state index contributed by atoms with van der Waals surface area (Å²) in [7, 11) is -3.79. The molecule has 6 nitrogen and oxygen atoms in total. The highest BCUT2D eigenvalue weighted by molar-refractivity contribution is 7.89. The van der Waals surface area contributed by atoms with Gasteiger partial charge in [-0.25, -0.2) is 13.6 Å². The summed E-state index contributed by atoms with van der Waals surface area (Å²) in [6.07, 6.45) is 1.84. The van der Waals surface area contributed by atoms with Crippen molar-refractivity contribution in [1.82, 2.24) is 5.32 Å². The zero-order valence-corrected chi connectivity index (χ0v) is 13.0. The lowest BCUT2D eigenvalue weighted by atomic mass is 9.94. The molecular formula is C14H21N3O3S. The molecule has 0 bridgehead atoms. The fourth-order valence-corrected chi connectivity index (χ4v) is 3.33. The van der Waals surface area contributed by atoms with Crippen LogP contribution in [0.15, 0.2) is 23.1 Å². The van der Waals surface area contributed by atoms with E-state index in [1.54, 1.807) is 19.1 Å². The summed E-state index contributed by atoms with van der Waals surface area (Å²) in [5.74, 6) is 0.353. The summed E-state index contributed by atoms with van der Waals surface area (Å²) < 4.78 is 23.0. The average Bonchev–Trinajstić information content (AvgIpc) is 2.39. The van der Waals surface area contributed by atoms with Crippen LogP contribution in [0.4, 0.5) is 5.69 Å². The molecule has 0 saturated carbocycles. The minimum Gasteiger partial charge on any atom is -0.325 e. The first kappa shape index (κ1) is 15.9. The Balaban J connectivity index is 2.14. The third-order valence-electron chi connectivity index (χ3n) is 3.74. The van der Waals surface area contributed by atoms with Gasteiger partial charge in [-0.3, -0.25) is 4.79 Å². The lowest BCUT2D eigenvalue weighted by molar-refractivity contribution is -0.119. The fourth-order valence-electron chi connectivity index (χ4n) is 2.52. The normalized spacial score (nSPS) is 22.8. The second-order valence-electron chi connectivity index (χ2n) is 5.65. The summed E-state index contributed by atoms with van der Waals surface area (Å²) in [6, 6.07) is 4.46. The van der Waals surface area contributed by atoms with Crippen LogP contribution in [0.25, 0.3) is 0 Å². The van der Waals surface area contributed by atoms with Gasteiger partial charge >= 0.3 is 0 Å². The van der Waals surface area contributed by atoms with Crippen LogP contribution in [0, 0.1) is 12.8 Å². The summed E-state index contributed by atoms with van der Waals surface area (Å²) in [6.45, 7) is 4.59. The summed E-state index contributed by atoms with van der Waals surface area (Å²) in [4.78, 5) is 12.2. The van der Waals surface area contributed by atoms with Crippen LogP contribution in [0.3, 0.4) is 0 Å². The molecule has 1 saturated heterocycles. The Kier molecular flexibility index (Phi) is 4.65. The Hall–Kier alpha value is -1.44. The van der Waals surface area contributed by atoms with E-state index < -0.39 is 10.0 Å². The van der Waals surface area contributed by atoms with E-state index in [4.69, 9.17) is 5.14 Å². The number of hydrogen-bond donors (Lipinski definition) is 3. The van der Waals surface area contributed by atoms with E-state index >= 15 is 0 Å². The van der Waals surface area contributed by atoms with Gasteiger partial charge in [0.25, 0.3) is 0 Å². The monoisotopic (exact) mass is 311 g/mol. The van der Waals surface area contributed by atoms with Crippen LogP contribution in [0.5, 0.6) is 0 Å². The van der Waals surface area contributed by atoms with Gasteiger partial charge in [-0.2, -0.15) is 0 Å². The third kappa shape index (κ3) is 4.03. The number of piperidine rings is 1. The SMILES string of the molecule is Cc1ccc(NC(=O)C2CC(C)CCN2)cc1S(N)(=O)=O. The topological polar surface area (TPSA) is 101 Å². The number of hydrogen-bond acceptors (Lipinski definition) is 4. The van der Waals surface area contributed by atoms with Crippen LogP contribution < -0.4 is 15.8 Å². The Morgan fingerprint density at radius 2 is 2.14 bits per heavy atom. The van der Waals surface area contributed by atoms with Crippen molar-refractivity contribution in [2.45, 2.75) is 37.6 Å². The summed E-state index contributed by atoms with van der Waals surface area (Å²) >= 11 is 0. The van der Waals surface area contributed by atoms with Gasteiger partial charge in [0.15, 0.2) is 0 Å². The smallest absolute Gasteiger partial charge is 0.241 e. The molecule has 0 aromatic heterocycles.